The SMILES string of the molecule is Cc1cc(C)c2nc(N3CCN(C(=O)c4ccc(S(=O)(=O)N5CCCCCC5)cc4)CC3)sc2c1. The number of hydrogen-bond donors (Lipinski definition) is 0. The number of nitrogens with zero attached hydrogens (tertiary/aromatic N) is 4. The highest BCUT2D eigenvalue weighted by atomic mass is 32.2. The smallest absolute Gasteiger partial charge is 0.253 e. The zero-order chi connectivity index (χ0) is 24.6. The first-order valence-electron chi connectivity index (χ1n) is 12.4. The maximum Gasteiger partial charge on any atom is 0.253 e. The molecule has 2 fully saturated rings. The molecule has 3 aromatic rings. The van der Waals surface area contributed by atoms with Crippen LogP contribution in [0.25, 0.3) is 10.2 Å². The van der Waals surface area contributed by atoms with Gasteiger partial charge in [0, 0.05) is 44.8 Å². The summed E-state index contributed by atoms with van der Waals surface area (Å²) in [6.07, 6.45) is 3.95. The van der Waals surface area contributed by atoms with Crippen molar-refractivity contribution in [3.05, 3.63) is 53.1 Å². The molecular weight excluding hydrogens is 480 g/mol. The number of benzene rings is 2. The summed E-state index contributed by atoms with van der Waals surface area (Å²) in [5.74, 6) is -0.0564. The zero-order valence-electron chi connectivity index (χ0n) is 20.4. The molecule has 0 N–H and O–H groups in total. The van der Waals surface area contributed by atoms with E-state index in [0.29, 0.717) is 31.7 Å². The molecule has 1 aromatic heterocycles. The number of hydrogen-bond acceptors (Lipinski definition) is 6. The van der Waals surface area contributed by atoms with Gasteiger partial charge in [-0.3, -0.25) is 4.79 Å². The van der Waals surface area contributed by atoms with Gasteiger partial charge in [-0.05, 0) is 68.1 Å². The number of aryl methyl sites for hydroxylation is 2. The van der Waals surface area contributed by atoms with Crippen LogP contribution in [0.4, 0.5) is 5.13 Å². The fraction of sp³-hybridized carbons (Fsp3) is 0.462. The largest absolute Gasteiger partial charge is 0.345 e. The molecule has 9 heteroatoms. The molecule has 0 saturated carbocycles. The molecule has 0 bridgehead atoms. The van der Waals surface area contributed by atoms with Crippen LogP contribution in [0, 0.1) is 13.8 Å². The zero-order valence-corrected chi connectivity index (χ0v) is 22.0. The molecule has 3 heterocycles. The van der Waals surface area contributed by atoms with Crippen LogP contribution in [0.2, 0.25) is 0 Å². The lowest BCUT2D eigenvalue weighted by Gasteiger charge is -2.34. The minimum absolute atomic E-state index is 0.0564. The van der Waals surface area contributed by atoms with Crippen molar-refractivity contribution in [2.75, 3.05) is 44.2 Å². The second-order valence-electron chi connectivity index (χ2n) is 9.55. The number of carbonyl (C=O) groups is 1. The highest BCUT2D eigenvalue weighted by molar-refractivity contribution is 7.89. The maximum atomic E-state index is 13.1. The number of aromatic nitrogens is 1. The second kappa shape index (κ2) is 9.87. The number of sulfonamides is 1. The molecule has 0 spiro atoms. The van der Waals surface area contributed by atoms with Gasteiger partial charge in [0.1, 0.15) is 0 Å². The molecule has 5 rings (SSSR count). The van der Waals surface area contributed by atoms with Gasteiger partial charge < -0.3 is 9.80 Å². The molecule has 2 aliphatic heterocycles. The maximum absolute atomic E-state index is 13.1. The van der Waals surface area contributed by atoms with Crippen molar-refractivity contribution < 1.29 is 13.2 Å². The number of anilines is 1. The van der Waals surface area contributed by atoms with Gasteiger partial charge in [0.2, 0.25) is 10.0 Å². The molecule has 2 aromatic carbocycles. The minimum atomic E-state index is -3.51. The molecule has 0 radical (unpaired) electrons. The lowest BCUT2D eigenvalue weighted by atomic mass is 10.1. The van der Waals surface area contributed by atoms with E-state index in [9.17, 15) is 13.2 Å². The van der Waals surface area contributed by atoms with Crippen molar-refractivity contribution in [1.82, 2.24) is 14.2 Å². The Kier molecular flexibility index (Phi) is 6.83. The summed E-state index contributed by atoms with van der Waals surface area (Å²) in [6.45, 7) is 8.02. The molecule has 0 aliphatic carbocycles. The normalized spacial score (nSPS) is 18.1. The van der Waals surface area contributed by atoms with Crippen LogP contribution in [0.5, 0.6) is 0 Å². The lowest BCUT2D eigenvalue weighted by molar-refractivity contribution is 0.0746. The Morgan fingerprint density at radius 1 is 0.886 bits per heavy atom. The first-order chi connectivity index (χ1) is 16.8. The van der Waals surface area contributed by atoms with E-state index in [-0.39, 0.29) is 10.8 Å². The number of piperazine rings is 1. The summed E-state index contributed by atoms with van der Waals surface area (Å²) in [4.78, 5) is 22.3. The van der Waals surface area contributed by atoms with Gasteiger partial charge >= 0.3 is 0 Å². The topological polar surface area (TPSA) is 73.8 Å². The van der Waals surface area contributed by atoms with Crippen LogP contribution in [0.15, 0.2) is 41.3 Å². The molecule has 0 unspecified atom stereocenters. The summed E-state index contributed by atoms with van der Waals surface area (Å²) >= 11 is 1.71. The van der Waals surface area contributed by atoms with Crippen LogP contribution in [0.3, 0.4) is 0 Å². The predicted octanol–water partition coefficient (Wildman–Crippen LogP) is 4.44. The number of fused-ring (bicyclic) bond motifs is 1. The molecular formula is C26H32N4O3S2. The monoisotopic (exact) mass is 512 g/mol. The average molecular weight is 513 g/mol. The summed E-state index contributed by atoms with van der Waals surface area (Å²) in [5, 5.41) is 1.00. The second-order valence-corrected chi connectivity index (χ2v) is 12.5. The fourth-order valence-electron chi connectivity index (χ4n) is 4.98. The van der Waals surface area contributed by atoms with E-state index in [1.807, 2.05) is 4.90 Å². The summed E-state index contributed by atoms with van der Waals surface area (Å²) in [6, 6.07) is 10.8. The van der Waals surface area contributed by atoms with Crippen molar-refractivity contribution in [1.29, 1.82) is 0 Å². The van der Waals surface area contributed by atoms with Crippen molar-refractivity contribution in [3.63, 3.8) is 0 Å². The van der Waals surface area contributed by atoms with Gasteiger partial charge in [-0.25, -0.2) is 13.4 Å². The number of carbonyl (C=O) groups excluding carboxylic acids is 1. The number of rotatable bonds is 4. The molecule has 1 amide bonds. The van der Waals surface area contributed by atoms with Crippen molar-refractivity contribution in [2.45, 2.75) is 44.4 Å². The van der Waals surface area contributed by atoms with E-state index in [1.165, 1.54) is 15.8 Å². The molecule has 7 nitrogen and oxygen atoms in total. The third kappa shape index (κ3) is 4.94. The van der Waals surface area contributed by atoms with Crippen LogP contribution >= 0.6 is 11.3 Å². The van der Waals surface area contributed by atoms with Gasteiger partial charge in [0.15, 0.2) is 5.13 Å². The summed E-state index contributed by atoms with van der Waals surface area (Å²) in [7, 11) is -3.51. The predicted molar refractivity (Wildman–Crippen MR) is 141 cm³/mol. The van der Waals surface area contributed by atoms with E-state index >= 15 is 0 Å². The van der Waals surface area contributed by atoms with Crippen molar-refractivity contribution in [2.24, 2.45) is 0 Å². The molecule has 0 atom stereocenters. The van der Waals surface area contributed by atoms with E-state index < -0.39 is 10.0 Å². The van der Waals surface area contributed by atoms with Crippen LogP contribution in [0.1, 0.15) is 47.2 Å². The molecule has 35 heavy (non-hydrogen) atoms. The minimum Gasteiger partial charge on any atom is -0.345 e. The Bertz CT molecular complexity index is 1320. The van der Waals surface area contributed by atoms with E-state index in [4.69, 9.17) is 4.98 Å². The van der Waals surface area contributed by atoms with Crippen LogP contribution < -0.4 is 4.90 Å². The van der Waals surface area contributed by atoms with Gasteiger partial charge in [-0.15, -0.1) is 0 Å². The third-order valence-corrected chi connectivity index (χ3v) is 9.94. The fourth-order valence-corrected chi connectivity index (χ4v) is 7.69. The lowest BCUT2D eigenvalue weighted by Crippen LogP contribution is -2.48. The summed E-state index contributed by atoms with van der Waals surface area (Å²) in [5.41, 5.74) is 4.02. The first-order valence-corrected chi connectivity index (χ1v) is 14.6. The van der Waals surface area contributed by atoms with Gasteiger partial charge in [-0.2, -0.15) is 4.31 Å². The quantitative estimate of drug-likeness (QED) is 0.517. The van der Waals surface area contributed by atoms with E-state index in [0.717, 1.165) is 49.4 Å². The Morgan fingerprint density at radius 3 is 2.20 bits per heavy atom. The van der Waals surface area contributed by atoms with Gasteiger partial charge in [-0.1, -0.05) is 30.2 Å². The van der Waals surface area contributed by atoms with Crippen LogP contribution in [-0.2, 0) is 10.0 Å². The Labute approximate surface area is 211 Å². The highest BCUT2D eigenvalue weighted by Crippen LogP contribution is 2.32. The summed E-state index contributed by atoms with van der Waals surface area (Å²) < 4.78 is 28.8. The molecule has 2 saturated heterocycles. The highest BCUT2D eigenvalue weighted by Gasteiger charge is 2.27. The first kappa shape index (κ1) is 24.2. The van der Waals surface area contributed by atoms with Crippen LogP contribution in [-0.4, -0.2) is 67.8 Å². The van der Waals surface area contributed by atoms with E-state index in [1.54, 1.807) is 39.9 Å². The Morgan fingerprint density at radius 2 is 1.54 bits per heavy atom. The van der Waals surface area contributed by atoms with Crippen molar-refractivity contribution in [3.8, 4) is 0 Å². The Balaban J connectivity index is 1.23. The third-order valence-electron chi connectivity index (χ3n) is 6.96. The number of amides is 1. The van der Waals surface area contributed by atoms with Crippen molar-refractivity contribution >= 4 is 42.6 Å². The van der Waals surface area contributed by atoms with Gasteiger partial charge in [0.25, 0.3) is 5.91 Å². The van der Waals surface area contributed by atoms with Gasteiger partial charge in [0.05, 0.1) is 15.1 Å². The average Bonchev–Trinajstić information content (AvgIpc) is 3.09. The number of thiazole rings is 1. The Hall–Kier alpha value is -2.49. The molecule has 186 valence electrons. The van der Waals surface area contributed by atoms with E-state index in [2.05, 4.69) is 30.9 Å². The molecule has 2 aliphatic rings. The standard InChI is InChI=1S/C26H32N4O3S2/c1-19-17-20(2)24-23(18-19)34-26(27-24)29-15-13-28(14-16-29)25(31)21-7-9-22(10-8-21)35(32,33)30-11-5-3-4-6-12-30/h7-10,17-18H,3-6,11-16H2,1-2H3.